The van der Waals surface area contributed by atoms with Crippen LogP contribution in [0.2, 0.25) is 0 Å². The number of hydrogen-bond acceptors (Lipinski definition) is 4. The van der Waals surface area contributed by atoms with E-state index in [4.69, 9.17) is 0 Å². The van der Waals surface area contributed by atoms with E-state index >= 15 is 0 Å². The number of anilines is 2. The first-order valence-electron chi connectivity index (χ1n) is 9.02. The molecule has 2 atom stereocenters. The molecule has 2 amide bonds. The zero-order valence-corrected chi connectivity index (χ0v) is 16.2. The van der Waals surface area contributed by atoms with Crippen molar-refractivity contribution >= 4 is 35.6 Å². The van der Waals surface area contributed by atoms with Gasteiger partial charge >= 0.3 is 0 Å². The van der Waals surface area contributed by atoms with Crippen molar-refractivity contribution in [3.63, 3.8) is 0 Å². The average molecular weight is 392 g/mol. The molecule has 1 aliphatic rings. The smallest absolute Gasteiger partial charge is 0.248 e. The third-order valence-corrected chi connectivity index (χ3v) is 4.66. The van der Waals surface area contributed by atoms with Crippen molar-refractivity contribution in [2.45, 2.75) is 32.2 Å². The van der Waals surface area contributed by atoms with Gasteiger partial charge in [0.05, 0.1) is 0 Å². The predicted molar refractivity (Wildman–Crippen MR) is 108 cm³/mol. The van der Waals surface area contributed by atoms with Gasteiger partial charge < -0.3 is 16.0 Å². The third kappa shape index (κ3) is 6.08. The predicted octanol–water partition coefficient (Wildman–Crippen LogP) is 2.83. The highest BCUT2D eigenvalue weighted by atomic mass is 35.5. The van der Waals surface area contributed by atoms with Crippen LogP contribution in [0.15, 0.2) is 42.7 Å². The lowest BCUT2D eigenvalue weighted by molar-refractivity contribution is -0.119. The summed E-state index contributed by atoms with van der Waals surface area (Å²) in [6.45, 7) is 3.83. The van der Waals surface area contributed by atoms with Crippen LogP contribution in [0.4, 0.5) is 11.4 Å². The van der Waals surface area contributed by atoms with Crippen LogP contribution in [0.3, 0.4) is 0 Å². The molecule has 3 rings (SSSR count). The second-order valence-electron chi connectivity index (χ2n) is 6.68. The van der Waals surface area contributed by atoms with Crippen molar-refractivity contribution in [3.8, 4) is 0 Å². The SMILES string of the molecule is CC(C(=O)Nc1cccc(NC(=O)CCC2CCNC2)c1)n1cccn1.Cl. The van der Waals surface area contributed by atoms with Gasteiger partial charge in [0.15, 0.2) is 0 Å². The van der Waals surface area contributed by atoms with Crippen molar-refractivity contribution in [3.05, 3.63) is 42.7 Å². The van der Waals surface area contributed by atoms with Gasteiger partial charge in [0.25, 0.3) is 0 Å². The second-order valence-corrected chi connectivity index (χ2v) is 6.68. The Kier molecular flexibility index (Phi) is 7.82. The van der Waals surface area contributed by atoms with E-state index in [1.165, 1.54) is 0 Å². The standard InChI is InChI=1S/C19H25N5O2.ClH/c1-14(24-11-3-9-21-24)19(26)23-17-5-2-4-16(12-17)22-18(25)7-6-15-8-10-20-13-15;/h2-5,9,11-12,14-15,20H,6-8,10,13H2,1H3,(H,22,25)(H,23,26);1H. The number of hydrogen-bond donors (Lipinski definition) is 3. The minimum atomic E-state index is -0.414. The van der Waals surface area contributed by atoms with Crippen LogP contribution < -0.4 is 16.0 Å². The zero-order valence-electron chi connectivity index (χ0n) is 15.4. The molecule has 3 N–H and O–H groups in total. The lowest BCUT2D eigenvalue weighted by Crippen LogP contribution is -2.24. The largest absolute Gasteiger partial charge is 0.326 e. The van der Waals surface area contributed by atoms with Gasteiger partial charge in [-0.05, 0) is 63.0 Å². The van der Waals surface area contributed by atoms with Crippen LogP contribution >= 0.6 is 12.4 Å². The fourth-order valence-corrected chi connectivity index (χ4v) is 3.07. The minimum absolute atomic E-state index is 0. The van der Waals surface area contributed by atoms with Crippen molar-refractivity contribution in [1.29, 1.82) is 0 Å². The normalized spacial score (nSPS) is 17.0. The van der Waals surface area contributed by atoms with Gasteiger partial charge in [-0.2, -0.15) is 5.10 Å². The number of rotatable bonds is 7. The summed E-state index contributed by atoms with van der Waals surface area (Å²) >= 11 is 0. The molecule has 1 fully saturated rings. The molecule has 8 heteroatoms. The lowest BCUT2D eigenvalue weighted by Gasteiger charge is -2.14. The summed E-state index contributed by atoms with van der Waals surface area (Å²) in [6, 6.07) is 8.56. The van der Waals surface area contributed by atoms with E-state index in [9.17, 15) is 9.59 Å². The van der Waals surface area contributed by atoms with E-state index < -0.39 is 6.04 Å². The van der Waals surface area contributed by atoms with Crippen molar-refractivity contribution in [1.82, 2.24) is 15.1 Å². The van der Waals surface area contributed by atoms with Crippen LogP contribution in [-0.2, 0) is 9.59 Å². The number of carbonyl (C=O) groups is 2. The van der Waals surface area contributed by atoms with Crippen molar-refractivity contribution < 1.29 is 9.59 Å². The summed E-state index contributed by atoms with van der Waals surface area (Å²) < 4.78 is 1.60. The Labute approximate surface area is 165 Å². The lowest BCUT2D eigenvalue weighted by atomic mass is 10.0. The summed E-state index contributed by atoms with van der Waals surface area (Å²) in [5, 5.41) is 13.2. The van der Waals surface area contributed by atoms with Gasteiger partial charge in [-0.15, -0.1) is 12.4 Å². The molecule has 0 spiro atoms. The van der Waals surface area contributed by atoms with Crippen LogP contribution in [0, 0.1) is 5.92 Å². The maximum atomic E-state index is 12.3. The number of benzene rings is 1. The monoisotopic (exact) mass is 391 g/mol. The number of aromatic nitrogens is 2. The molecule has 146 valence electrons. The van der Waals surface area contributed by atoms with E-state index in [0.29, 0.717) is 23.7 Å². The molecule has 2 heterocycles. The quantitative estimate of drug-likeness (QED) is 0.677. The molecular formula is C19H26ClN5O2. The second kappa shape index (κ2) is 10.1. The van der Waals surface area contributed by atoms with E-state index in [1.54, 1.807) is 42.2 Å². The van der Waals surface area contributed by atoms with Gasteiger partial charge in [0, 0.05) is 30.2 Å². The third-order valence-electron chi connectivity index (χ3n) is 4.66. The average Bonchev–Trinajstić information content (AvgIpc) is 3.33. The first kappa shape index (κ1) is 20.9. The van der Waals surface area contributed by atoms with E-state index in [0.717, 1.165) is 25.9 Å². The first-order chi connectivity index (χ1) is 12.6. The molecule has 27 heavy (non-hydrogen) atoms. The maximum Gasteiger partial charge on any atom is 0.248 e. The summed E-state index contributed by atoms with van der Waals surface area (Å²) in [5.41, 5.74) is 1.33. The number of carbonyl (C=O) groups excluding carboxylic acids is 2. The molecule has 0 bridgehead atoms. The number of nitrogens with one attached hydrogen (secondary N) is 3. The minimum Gasteiger partial charge on any atom is -0.326 e. The first-order valence-corrected chi connectivity index (χ1v) is 9.02. The van der Waals surface area contributed by atoms with E-state index in [2.05, 4.69) is 21.0 Å². The van der Waals surface area contributed by atoms with Crippen molar-refractivity contribution in [2.75, 3.05) is 23.7 Å². The van der Waals surface area contributed by atoms with Gasteiger partial charge in [-0.25, -0.2) is 0 Å². The summed E-state index contributed by atoms with van der Waals surface area (Å²) in [7, 11) is 0. The van der Waals surface area contributed by atoms with Crippen LogP contribution in [0.25, 0.3) is 0 Å². The van der Waals surface area contributed by atoms with Gasteiger partial charge in [-0.1, -0.05) is 6.07 Å². The molecule has 0 aliphatic carbocycles. The highest BCUT2D eigenvalue weighted by Crippen LogP contribution is 2.19. The Hall–Kier alpha value is -2.38. The van der Waals surface area contributed by atoms with E-state index in [-0.39, 0.29) is 24.2 Å². The molecule has 1 saturated heterocycles. The molecule has 1 aromatic heterocycles. The molecule has 7 nitrogen and oxygen atoms in total. The van der Waals surface area contributed by atoms with Crippen LogP contribution in [0.1, 0.15) is 32.2 Å². The number of nitrogens with zero attached hydrogens (tertiary/aromatic N) is 2. The number of amides is 2. The molecule has 0 radical (unpaired) electrons. The van der Waals surface area contributed by atoms with Gasteiger partial charge in [0.2, 0.25) is 11.8 Å². The Bertz CT molecular complexity index is 744. The molecule has 0 saturated carbocycles. The molecular weight excluding hydrogens is 366 g/mol. The summed E-state index contributed by atoms with van der Waals surface area (Å²) in [6.07, 6.45) is 5.95. The fraction of sp³-hybridized carbons (Fsp3) is 0.421. The van der Waals surface area contributed by atoms with Crippen LogP contribution in [-0.4, -0.2) is 34.7 Å². The summed E-state index contributed by atoms with van der Waals surface area (Å²) in [5.74, 6) is 0.436. The van der Waals surface area contributed by atoms with Crippen LogP contribution in [0.5, 0.6) is 0 Å². The Morgan fingerprint density at radius 2 is 2.07 bits per heavy atom. The Morgan fingerprint density at radius 1 is 1.30 bits per heavy atom. The van der Waals surface area contributed by atoms with E-state index in [1.807, 2.05) is 12.1 Å². The van der Waals surface area contributed by atoms with Gasteiger partial charge in [0.1, 0.15) is 6.04 Å². The molecule has 1 aromatic carbocycles. The van der Waals surface area contributed by atoms with Gasteiger partial charge in [-0.3, -0.25) is 14.3 Å². The summed E-state index contributed by atoms with van der Waals surface area (Å²) in [4.78, 5) is 24.5. The number of halogens is 1. The highest BCUT2D eigenvalue weighted by molar-refractivity contribution is 5.95. The Morgan fingerprint density at radius 3 is 2.74 bits per heavy atom. The highest BCUT2D eigenvalue weighted by Gasteiger charge is 2.17. The topological polar surface area (TPSA) is 88.0 Å². The molecule has 2 aromatic rings. The Balaban J connectivity index is 0.00000261. The molecule has 1 aliphatic heterocycles. The fourth-order valence-electron chi connectivity index (χ4n) is 3.07. The maximum absolute atomic E-state index is 12.3. The zero-order chi connectivity index (χ0) is 18.4. The van der Waals surface area contributed by atoms with Crippen molar-refractivity contribution in [2.24, 2.45) is 5.92 Å². The molecule has 2 unspecified atom stereocenters.